The van der Waals surface area contributed by atoms with Crippen molar-refractivity contribution in [2.45, 2.75) is 0 Å². The Morgan fingerprint density at radius 1 is 0.947 bits per heavy atom. The number of hydrogen-bond acceptors (Lipinski definition) is 3. The van der Waals surface area contributed by atoms with E-state index in [1.165, 1.54) is 0 Å². The maximum atomic E-state index is 12.0. The molecule has 1 aromatic heterocycles. The van der Waals surface area contributed by atoms with Gasteiger partial charge >= 0.3 is 5.63 Å². The van der Waals surface area contributed by atoms with Gasteiger partial charge in [-0.3, -0.25) is 4.79 Å². The van der Waals surface area contributed by atoms with Crippen LogP contribution >= 0.6 is 0 Å². The molecule has 0 radical (unpaired) electrons. The highest BCUT2D eigenvalue weighted by molar-refractivity contribution is 5.97. The third kappa shape index (κ3) is 1.95. The molecule has 19 heavy (non-hydrogen) atoms. The van der Waals surface area contributed by atoms with E-state index in [9.17, 15) is 9.59 Å². The predicted molar refractivity (Wildman–Crippen MR) is 73.3 cm³/mol. The van der Waals surface area contributed by atoms with Gasteiger partial charge in [0, 0.05) is 10.9 Å². The molecule has 0 fully saturated rings. The van der Waals surface area contributed by atoms with Crippen LogP contribution in [0.25, 0.3) is 22.1 Å². The monoisotopic (exact) mass is 250 g/mol. The molecule has 2 aromatic carbocycles. The average molecular weight is 250 g/mol. The quantitative estimate of drug-likeness (QED) is 0.518. The van der Waals surface area contributed by atoms with E-state index in [4.69, 9.17) is 4.42 Å². The number of fused-ring (bicyclic) bond motifs is 1. The summed E-state index contributed by atoms with van der Waals surface area (Å²) < 4.78 is 5.28. The van der Waals surface area contributed by atoms with Crippen LogP contribution in [0.2, 0.25) is 0 Å². The van der Waals surface area contributed by atoms with Crippen molar-refractivity contribution in [3.05, 3.63) is 70.6 Å². The number of rotatable bonds is 2. The van der Waals surface area contributed by atoms with Crippen molar-refractivity contribution in [3.63, 3.8) is 0 Å². The molecule has 0 unspecified atom stereocenters. The third-order valence-corrected chi connectivity index (χ3v) is 3.02. The topological polar surface area (TPSA) is 47.3 Å². The highest BCUT2D eigenvalue weighted by Crippen LogP contribution is 2.22. The minimum atomic E-state index is -0.401. The molecule has 0 atom stereocenters. The Morgan fingerprint density at radius 3 is 2.47 bits per heavy atom. The number of aldehydes is 1. The van der Waals surface area contributed by atoms with Gasteiger partial charge in [0.15, 0.2) is 6.29 Å². The molecule has 3 rings (SSSR count). The van der Waals surface area contributed by atoms with Crippen molar-refractivity contribution >= 4 is 17.3 Å². The van der Waals surface area contributed by atoms with Crippen LogP contribution in [0.15, 0.2) is 63.8 Å². The maximum absolute atomic E-state index is 12.0. The Balaban J connectivity index is 2.36. The fraction of sp³-hybridized carbons (Fsp3) is 0. The van der Waals surface area contributed by atoms with Crippen molar-refractivity contribution in [2.24, 2.45) is 0 Å². The first-order valence-electron chi connectivity index (χ1n) is 5.87. The molecule has 0 amide bonds. The molecule has 0 saturated heterocycles. The lowest BCUT2D eigenvalue weighted by atomic mass is 10.0. The fourth-order valence-corrected chi connectivity index (χ4v) is 2.08. The van der Waals surface area contributed by atoms with E-state index in [1.807, 2.05) is 30.3 Å². The Labute approximate surface area is 109 Å². The molecule has 3 aromatic rings. The summed E-state index contributed by atoms with van der Waals surface area (Å²) in [4.78, 5) is 23.0. The summed E-state index contributed by atoms with van der Waals surface area (Å²) in [6.45, 7) is 0. The van der Waals surface area contributed by atoms with Gasteiger partial charge in [-0.15, -0.1) is 0 Å². The molecule has 0 N–H and O–H groups in total. The molecule has 3 heteroatoms. The van der Waals surface area contributed by atoms with Crippen molar-refractivity contribution < 1.29 is 9.21 Å². The second-order valence-electron chi connectivity index (χ2n) is 4.19. The zero-order valence-corrected chi connectivity index (χ0v) is 10.00. The van der Waals surface area contributed by atoms with E-state index >= 15 is 0 Å². The Morgan fingerprint density at radius 2 is 1.74 bits per heavy atom. The van der Waals surface area contributed by atoms with Crippen molar-refractivity contribution in [1.82, 2.24) is 0 Å². The van der Waals surface area contributed by atoms with E-state index < -0.39 is 5.63 Å². The lowest BCUT2D eigenvalue weighted by Crippen LogP contribution is -2.03. The molecule has 0 aliphatic rings. The SMILES string of the molecule is O=Cc1cccc2oc(=O)c(-c3ccccc3)cc12. The molecule has 92 valence electrons. The predicted octanol–water partition coefficient (Wildman–Crippen LogP) is 3.27. The second kappa shape index (κ2) is 4.53. The van der Waals surface area contributed by atoms with Crippen LogP contribution < -0.4 is 5.63 Å². The molecular formula is C16H10O3. The molecule has 0 saturated carbocycles. The summed E-state index contributed by atoms with van der Waals surface area (Å²) in [5.74, 6) is 0. The lowest BCUT2D eigenvalue weighted by Gasteiger charge is -2.03. The van der Waals surface area contributed by atoms with Gasteiger partial charge in [-0.05, 0) is 17.7 Å². The maximum Gasteiger partial charge on any atom is 0.344 e. The van der Waals surface area contributed by atoms with Gasteiger partial charge < -0.3 is 4.42 Å². The standard InChI is InChI=1S/C16H10O3/c17-10-12-7-4-8-15-13(12)9-14(16(18)19-15)11-5-2-1-3-6-11/h1-10H. The van der Waals surface area contributed by atoms with E-state index in [0.717, 1.165) is 11.8 Å². The van der Waals surface area contributed by atoms with Crippen LogP contribution in [0.4, 0.5) is 0 Å². The van der Waals surface area contributed by atoms with Crippen molar-refractivity contribution in [1.29, 1.82) is 0 Å². The van der Waals surface area contributed by atoms with E-state index in [2.05, 4.69) is 0 Å². The normalized spacial score (nSPS) is 10.5. The minimum absolute atomic E-state index is 0.401. The largest absolute Gasteiger partial charge is 0.422 e. The van der Waals surface area contributed by atoms with Gasteiger partial charge in [0.1, 0.15) is 5.58 Å². The zero-order valence-electron chi connectivity index (χ0n) is 10.00. The van der Waals surface area contributed by atoms with Gasteiger partial charge in [0.25, 0.3) is 0 Å². The number of carbonyl (C=O) groups excluding carboxylic acids is 1. The van der Waals surface area contributed by atoms with Gasteiger partial charge in [-0.1, -0.05) is 42.5 Å². The van der Waals surface area contributed by atoms with Gasteiger partial charge in [-0.2, -0.15) is 0 Å². The number of hydrogen-bond donors (Lipinski definition) is 0. The first kappa shape index (κ1) is 11.4. The van der Waals surface area contributed by atoms with E-state index in [-0.39, 0.29) is 0 Å². The number of benzene rings is 2. The smallest absolute Gasteiger partial charge is 0.344 e. The second-order valence-corrected chi connectivity index (χ2v) is 4.19. The third-order valence-electron chi connectivity index (χ3n) is 3.02. The van der Waals surface area contributed by atoms with Crippen molar-refractivity contribution in [2.75, 3.05) is 0 Å². The molecule has 0 spiro atoms. The summed E-state index contributed by atoms with van der Waals surface area (Å²) in [6, 6.07) is 16.0. The molecule has 0 bridgehead atoms. The highest BCUT2D eigenvalue weighted by Gasteiger charge is 2.09. The van der Waals surface area contributed by atoms with Crippen LogP contribution in [0.1, 0.15) is 10.4 Å². The van der Waals surface area contributed by atoms with Crippen LogP contribution in [-0.4, -0.2) is 6.29 Å². The lowest BCUT2D eigenvalue weighted by molar-refractivity contribution is 0.112. The van der Waals surface area contributed by atoms with Crippen LogP contribution in [0.5, 0.6) is 0 Å². The molecular weight excluding hydrogens is 240 g/mol. The van der Waals surface area contributed by atoms with Gasteiger partial charge in [0.05, 0.1) is 5.56 Å². The summed E-state index contributed by atoms with van der Waals surface area (Å²) >= 11 is 0. The van der Waals surface area contributed by atoms with Gasteiger partial charge in [0.2, 0.25) is 0 Å². The first-order valence-corrected chi connectivity index (χ1v) is 5.87. The van der Waals surface area contributed by atoms with Crippen LogP contribution in [-0.2, 0) is 0 Å². The molecule has 0 aliphatic carbocycles. The summed E-state index contributed by atoms with van der Waals surface area (Å²) in [5, 5.41) is 0.649. The highest BCUT2D eigenvalue weighted by atomic mass is 16.4. The average Bonchev–Trinajstić information content (AvgIpc) is 2.46. The molecule has 1 heterocycles. The minimum Gasteiger partial charge on any atom is -0.422 e. The summed E-state index contributed by atoms with van der Waals surface area (Å²) in [7, 11) is 0. The van der Waals surface area contributed by atoms with E-state index in [1.54, 1.807) is 24.3 Å². The van der Waals surface area contributed by atoms with Crippen LogP contribution in [0.3, 0.4) is 0 Å². The molecule has 3 nitrogen and oxygen atoms in total. The van der Waals surface area contributed by atoms with Crippen LogP contribution in [0, 0.1) is 0 Å². The Bertz CT molecular complexity index is 801. The zero-order chi connectivity index (χ0) is 13.2. The summed E-state index contributed by atoms with van der Waals surface area (Å²) in [5.41, 5.74) is 1.77. The Hall–Kier alpha value is -2.68. The number of carbonyl (C=O) groups is 1. The Kier molecular flexibility index (Phi) is 2.72. The van der Waals surface area contributed by atoms with Gasteiger partial charge in [-0.25, -0.2) is 4.79 Å². The first-order chi connectivity index (χ1) is 9.29. The van der Waals surface area contributed by atoms with E-state index in [0.29, 0.717) is 22.1 Å². The fourth-order valence-electron chi connectivity index (χ4n) is 2.08. The molecule has 0 aliphatic heterocycles. The van der Waals surface area contributed by atoms with Crippen molar-refractivity contribution in [3.8, 4) is 11.1 Å². The summed E-state index contributed by atoms with van der Waals surface area (Å²) in [6.07, 6.45) is 0.761.